The van der Waals surface area contributed by atoms with Gasteiger partial charge in [-0.3, -0.25) is 0 Å². The largest absolute Gasteiger partial charge is 0.0613 e. The predicted octanol–water partition coefficient (Wildman–Crippen LogP) is 3.49. The Morgan fingerprint density at radius 3 is 2.62 bits per heavy atom. The van der Waals surface area contributed by atoms with Crippen molar-refractivity contribution < 1.29 is 0 Å². The van der Waals surface area contributed by atoms with E-state index in [0.717, 1.165) is 12.3 Å². The van der Waals surface area contributed by atoms with Crippen molar-refractivity contribution in [2.24, 2.45) is 0 Å². The molecule has 0 unspecified atom stereocenters. The van der Waals surface area contributed by atoms with Gasteiger partial charge in [-0.15, -0.1) is 0 Å². The van der Waals surface area contributed by atoms with E-state index in [1.165, 1.54) is 24.8 Å². The van der Waals surface area contributed by atoms with Gasteiger partial charge in [0.15, 0.2) is 0 Å². The second-order valence-corrected chi connectivity index (χ2v) is 3.88. The molecule has 0 saturated heterocycles. The molecule has 0 atom stereocenters. The summed E-state index contributed by atoms with van der Waals surface area (Å²) in [6.07, 6.45) is 5.11. The van der Waals surface area contributed by atoms with Crippen molar-refractivity contribution in [3.8, 4) is 0 Å². The standard InChI is InChI=1S/C13H17/c1-3-10-6-5-7-11(4-2)13(10)12-8-9-12/h5-6,12H,3-4,8-9H2,1-2H3. The molecule has 1 aromatic rings. The molecular formula is C13H17. The maximum absolute atomic E-state index is 3.38. The minimum Gasteiger partial charge on any atom is -0.0613 e. The van der Waals surface area contributed by atoms with Gasteiger partial charge in [0.25, 0.3) is 0 Å². The van der Waals surface area contributed by atoms with Crippen LogP contribution in [-0.2, 0) is 12.8 Å². The Balaban J connectivity index is 2.44. The van der Waals surface area contributed by atoms with Gasteiger partial charge >= 0.3 is 0 Å². The first kappa shape index (κ1) is 8.80. The lowest BCUT2D eigenvalue weighted by Gasteiger charge is -2.11. The average Bonchev–Trinajstić information content (AvgIpc) is 3.00. The highest BCUT2D eigenvalue weighted by Gasteiger charge is 2.27. The topological polar surface area (TPSA) is 0 Å². The van der Waals surface area contributed by atoms with Gasteiger partial charge in [0.05, 0.1) is 0 Å². The molecule has 0 amide bonds. The Hall–Kier alpha value is -0.780. The van der Waals surface area contributed by atoms with Gasteiger partial charge in [0, 0.05) is 0 Å². The molecule has 1 fully saturated rings. The maximum atomic E-state index is 3.38. The van der Waals surface area contributed by atoms with Crippen LogP contribution in [0.3, 0.4) is 0 Å². The summed E-state index contributed by atoms with van der Waals surface area (Å²) in [7, 11) is 0. The van der Waals surface area contributed by atoms with E-state index in [9.17, 15) is 0 Å². The Morgan fingerprint density at radius 1 is 1.31 bits per heavy atom. The molecule has 69 valence electrons. The third-order valence-corrected chi connectivity index (χ3v) is 2.93. The third-order valence-electron chi connectivity index (χ3n) is 2.93. The van der Waals surface area contributed by atoms with Gasteiger partial charge in [0.2, 0.25) is 0 Å². The molecule has 0 aromatic heterocycles. The van der Waals surface area contributed by atoms with E-state index in [-0.39, 0.29) is 0 Å². The van der Waals surface area contributed by atoms with E-state index >= 15 is 0 Å². The van der Waals surface area contributed by atoms with Crippen molar-refractivity contribution in [2.75, 3.05) is 0 Å². The van der Waals surface area contributed by atoms with Crippen LogP contribution < -0.4 is 0 Å². The van der Waals surface area contributed by atoms with Gasteiger partial charge < -0.3 is 0 Å². The fourth-order valence-electron chi connectivity index (χ4n) is 2.09. The highest BCUT2D eigenvalue weighted by atomic mass is 14.3. The van der Waals surface area contributed by atoms with E-state index in [4.69, 9.17) is 0 Å². The predicted molar refractivity (Wildman–Crippen MR) is 56.0 cm³/mol. The Kier molecular flexibility index (Phi) is 2.39. The summed E-state index contributed by atoms with van der Waals surface area (Å²) in [5.41, 5.74) is 4.65. The summed E-state index contributed by atoms with van der Waals surface area (Å²) < 4.78 is 0. The fourth-order valence-corrected chi connectivity index (χ4v) is 2.09. The van der Waals surface area contributed by atoms with Crippen molar-refractivity contribution in [1.82, 2.24) is 0 Å². The molecule has 1 aromatic carbocycles. The summed E-state index contributed by atoms with van der Waals surface area (Å²) in [5.74, 6) is 0.877. The SMILES string of the molecule is CCc1[c]ccc(CC)c1C1CC1. The van der Waals surface area contributed by atoms with Gasteiger partial charge in [-0.1, -0.05) is 26.0 Å². The minimum absolute atomic E-state index is 0.877. The smallest absolute Gasteiger partial charge is 0.0146 e. The molecule has 1 radical (unpaired) electrons. The second-order valence-electron chi connectivity index (χ2n) is 3.88. The fraction of sp³-hybridized carbons (Fsp3) is 0.538. The van der Waals surface area contributed by atoms with Crippen molar-refractivity contribution in [3.63, 3.8) is 0 Å². The summed E-state index contributed by atoms with van der Waals surface area (Å²) in [4.78, 5) is 0. The van der Waals surface area contributed by atoms with Crippen LogP contribution in [-0.4, -0.2) is 0 Å². The lowest BCUT2D eigenvalue weighted by Crippen LogP contribution is -1.96. The minimum atomic E-state index is 0.877. The molecular weight excluding hydrogens is 156 g/mol. The monoisotopic (exact) mass is 173 g/mol. The Morgan fingerprint density at radius 2 is 2.08 bits per heavy atom. The molecule has 0 heterocycles. The first-order valence-corrected chi connectivity index (χ1v) is 5.39. The van der Waals surface area contributed by atoms with Crippen molar-refractivity contribution in [3.05, 3.63) is 34.9 Å². The number of rotatable bonds is 3. The van der Waals surface area contributed by atoms with Gasteiger partial charge in [-0.05, 0) is 54.4 Å². The molecule has 0 N–H and O–H groups in total. The number of hydrogen-bond acceptors (Lipinski definition) is 0. The zero-order chi connectivity index (χ0) is 9.26. The molecule has 1 aliphatic rings. The van der Waals surface area contributed by atoms with E-state index in [2.05, 4.69) is 32.0 Å². The van der Waals surface area contributed by atoms with Gasteiger partial charge in [-0.2, -0.15) is 0 Å². The van der Waals surface area contributed by atoms with E-state index in [1.807, 2.05) is 0 Å². The highest BCUT2D eigenvalue weighted by molar-refractivity contribution is 5.39. The van der Waals surface area contributed by atoms with Crippen LogP contribution in [0, 0.1) is 6.07 Å². The summed E-state index contributed by atoms with van der Waals surface area (Å²) in [6, 6.07) is 7.71. The Bertz CT molecular complexity index is 273. The quantitative estimate of drug-likeness (QED) is 0.656. The zero-order valence-corrected chi connectivity index (χ0v) is 8.56. The van der Waals surface area contributed by atoms with Gasteiger partial charge in [-0.25, -0.2) is 0 Å². The maximum Gasteiger partial charge on any atom is -0.0146 e. The molecule has 1 aliphatic carbocycles. The summed E-state index contributed by atoms with van der Waals surface area (Å²) in [5, 5.41) is 0. The number of hydrogen-bond donors (Lipinski definition) is 0. The van der Waals surface area contributed by atoms with Crippen LogP contribution in [0.5, 0.6) is 0 Å². The first-order valence-electron chi connectivity index (χ1n) is 5.39. The highest BCUT2D eigenvalue weighted by Crippen LogP contribution is 2.43. The molecule has 2 rings (SSSR count). The summed E-state index contributed by atoms with van der Waals surface area (Å²) >= 11 is 0. The zero-order valence-electron chi connectivity index (χ0n) is 8.56. The van der Waals surface area contributed by atoms with Crippen molar-refractivity contribution in [2.45, 2.75) is 45.4 Å². The molecule has 0 aliphatic heterocycles. The van der Waals surface area contributed by atoms with Crippen molar-refractivity contribution in [1.29, 1.82) is 0 Å². The number of aryl methyl sites for hydroxylation is 2. The van der Waals surface area contributed by atoms with Crippen LogP contribution in [0.25, 0.3) is 0 Å². The lowest BCUT2D eigenvalue weighted by molar-refractivity contribution is 0.971. The molecule has 1 saturated carbocycles. The molecule has 13 heavy (non-hydrogen) atoms. The molecule has 0 nitrogen and oxygen atoms in total. The Labute approximate surface area is 81.0 Å². The van der Waals surface area contributed by atoms with Crippen LogP contribution in [0.15, 0.2) is 12.1 Å². The molecule has 0 spiro atoms. The van der Waals surface area contributed by atoms with E-state index in [0.29, 0.717) is 0 Å². The van der Waals surface area contributed by atoms with Crippen LogP contribution in [0.1, 0.15) is 49.3 Å². The van der Waals surface area contributed by atoms with Crippen LogP contribution in [0.4, 0.5) is 0 Å². The van der Waals surface area contributed by atoms with Crippen LogP contribution in [0.2, 0.25) is 0 Å². The molecule has 0 heteroatoms. The lowest BCUT2D eigenvalue weighted by atomic mass is 9.94. The average molecular weight is 173 g/mol. The van der Waals surface area contributed by atoms with Crippen LogP contribution >= 0.6 is 0 Å². The second kappa shape index (κ2) is 3.53. The number of benzene rings is 1. The third kappa shape index (κ3) is 1.63. The van der Waals surface area contributed by atoms with Gasteiger partial charge in [0.1, 0.15) is 0 Å². The normalized spacial score (nSPS) is 16.2. The molecule has 0 bridgehead atoms. The first-order chi connectivity index (χ1) is 6.36. The van der Waals surface area contributed by atoms with E-state index < -0.39 is 0 Å². The van der Waals surface area contributed by atoms with Crippen molar-refractivity contribution >= 4 is 0 Å². The van der Waals surface area contributed by atoms with E-state index in [1.54, 1.807) is 11.1 Å². The summed E-state index contributed by atoms with van der Waals surface area (Å²) in [6.45, 7) is 4.48.